The first-order chi connectivity index (χ1) is 20.0. The van der Waals surface area contributed by atoms with Crippen LogP contribution in [-0.4, -0.2) is 70.4 Å². The number of benzene rings is 2. The molecule has 0 saturated heterocycles. The van der Waals surface area contributed by atoms with Gasteiger partial charge in [-0.25, -0.2) is 9.78 Å². The molecule has 1 heterocycles. The van der Waals surface area contributed by atoms with Crippen LogP contribution in [0.2, 0.25) is 5.02 Å². The van der Waals surface area contributed by atoms with Gasteiger partial charge in [-0.05, 0) is 94.9 Å². The number of nitrogens with one attached hydrogen (secondary N) is 1. The molecule has 3 aromatic rings. The van der Waals surface area contributed by atoms with Crippen molar-refractivity contribution in [2.24, 2.45) is 0 Å². The van der Waals surface area contributed by atoms with Crippen LogP contribution in [0, 0.1) is 13.8 Å². The smallest absolute Gasteiger partial charge is 0.329 e. The van der Waals surface area contributed by atoms with Gasteiger partial charge in [-0.2, -0.15) is 0 Å². The molecule has 224 valence electrons. The van der Waals surface area contributed by atoms with Gasteiger partial charge in [0, 0.05) is 17.7 Å². The van der Waals surface area contributed by atoms with Crippen molar-refractivity contribution in [3.05, 3.63) is 70.4 Å². The van der Waals surface area contributed by atoms with Crippen LogP contribution in [0.4, 0.5) is 0 Å². The highest BCUT2D eigenvalue weighted by molar-refractivity contribution is 6.32. The Morgan fingerprint density at radius 1 is 1.10 bits per heavy atom. The number of halogens is 1. The van der Waals surface area contributed by atoms with Crippen molar-refractivity contribution in [3.8, 4) is 28.1 Å². The van der Waals surface area contributed by atoms with Gasteiger partial charge >= 0.3 is 5.97 Å². The van der Waals surface area contributed by atoms with Crippen molar-refractivity contribution in [3.63, 3.8) is 0 Å². The number of aliphatic hydroxyl groups is 1. The molecule has 0 radical (unpaired) electrons. The third-order valence-corrected chi connectivity index (χ3v) is 8.37. The SMILES string of the molecule is CCN(C)CCCOc1cc(-c2nc(C(=O)NC3(C(=O)O)CCC(O)CC3)ccc2-c2ccc(C)cc2C)ccc1Cl. The molecule has 0 bridgehead atoms. The van der Waals surface area contributed by atoms with Gasteiger partial charge in [0.15, 0.2) is 0 Å². The van der Waals surface area contributed by atoms with Gasteiger partial charge in [-0.3, -0.25) is 4.79 Å². The molecule has 0 spiro atoms. The van der Waals surface area contributed by atoms with Crippen LogP contribution in [-0.2, 0) is 4.79 Å². The average molecular weight is 594 g/mol. The van der Waals surface area contributed by atoms with Crippen molar-refractivity contribution in [1.82, 2.24) is 15.2 Å². The number of pyridine rings is 1. The number of hydrogen-bond acceptors (Lipinski definition) is 6. The van der Waals surface area contributed by atoms with Crippen LogP contribution >= 0.6 is 11.6 Å². The van der Waals surface area contributed by atoms with E-state index in [9.17, 15) is 19.8 Å². The minimum Gasteiger partial charge on any atom is -0.492 e. The standard InChI is InChI=1S/C33H40ClN3O5/c1-5-37(4)17-6-18-42-29-20-23(8-11-27(29)34)30-26(25-9-7-21(2)19-22(25)3)10-12-28(35-30)31(39)36-33(32(40)41)15-13-24(38)14-16-33/h7-12,19-20,24,38H,5-6,13-18H2,1-4H3,(H,36,39)(H,40,41). The highest BCUT2D eigenvalue weighted by Gasteiger charge is 2.43. The number of rotatable bonds is 11. The fraction of sp³-hybridized carbons (Fsp3) is 0.424. The Bertz CT molecular complexity index is 1440. The average Bonchev–Trinajstić information content (AvgIpc) is 2.97. The summed E-state index contributed by atoms with van der Waals surface area (Å²) in [6.07, 6.45) is 1.18. The molecule has 0 atom stereocenters. The molecule has 3 N–H and O–H groups in total. The van der Waals surface area contributed by atoms with E-state index in [-0.39, 0.29) is 18.5 Å². The monoisotopic (exact) mass is 593 g/mol. The molecule has 1 saturated carbocycles. The molecular formula is C33H40ClN3O5. The molecule has 42 heavy (non-hydrogen) atoms. The van der Waals surface area contributed by atoms with Crippen LogP contribution in [0.5, 0.6) is 5.75 Å². The lowest BCUT2D eigenvalue weighted by atomic mass is 9.80. The maximum atomic E-state index is 13.5. The highest BCUT2D eigenvalue weighted by atomic mass is 35.5. The van der Waals surface area contributed by atoms with E-state index in [0.717, 1.165) is 47.3 Å². The van der Waals surface area contributed by atoms with E-state index in [4.69, 9.17) is 21.3 Å². The number of aliphatic hydroxyl groups excluding tert-OH is 1. The van der Waals surface area contributed by atoms with Crippen LogP contribution in [0.15, 0.2) is 48.5 Å². The van der Waals surface area contributed by atoms with Gasteiger partial charge in [0.05, 0.1) is 23.4 Å². The Kier molecular flexibility index (Phi) is 10.2. The largest absolute Gasteiger partial charge is 0.492 e. The summed E-state index contributed by atoms with van der Waals surface area (Å²) in [5, 5.41) is 23.1. The van der Waals surface area contributed by atoms with Crippen molar-refractivity contribution >= 4 is 23.5 Å². The first kappa shape index (κ1) is 31.5. The molecule has 0 aliphatic heterocycles. The number of carbonyl (C=O) groups is 2. The van der Waals surface area contributed by atoms with Crippen LogP contribution in [0.25, 0.3) is 22.4 Å². The second-order valence-corrected chi connectivity index (χ2v) is 11.6. The lowest BCUT2D eigenvalue weighted by Crippen LogP contribution is -2.57. The number of aryl methyl sites for hydroxylation is 2. The van der Waals surface area contributed by atoms with Crippen molar-refractivity contribution in [2.45, 2.75) is 64.5 Å². The summed E-state index contributed by atoms with van der Waals surface area (Å²) in [6, 6.07) is 15.1. The number of nitrogens with zero attached hydrogens (tertiary/aromatic N) is 2. The number of aromatic nitrogens is 1. The molecule has 1 aromatic heterocycles. The number of ether oxygens (including phenoxy) is 1. The van der Waals surface area contributed by atoms with Crippen LogP contribution in [0.3, 0.4) is 0 Å². The second-order valence-electron chi connectivity index (χ2n) is 11.2. The molecule has 1 amide bonds. The minimum absolute atomic E-state index is 0.102. The van der Waals surface area contributed by atoms with Gasteiger partial charge in [-0.1, -0.05) is 48.4 Å². The number of carbonyl (C=O) groups excluding carboxylic acids is 1. The van der Waals surface area contributed by atoms with Crippen LogP contribution in [0.1, 0.15) is 60.6 Å². The third kappa shape index (κ3) is 7.30. The number of carboxylic acids is 1. The lowest BCUT2D eigenvalue weighted by Gasteiger charge is -2.35. The minimum atomic E-state index is -1.45. The molecule has 1 aliphatic carbocycles. The molecule has 8 nitrogen and oxygen atoms in total. The van der Waals surface area contributed by atoms with E-state index in [2.05, 4.69) is 30.3 Å². The van der Waals surface area contributed by atoms with E-state index < -0.39 is 23.5 Å². The molecule has 9 heteroatoms. The summed E-state index contributed by atoms with van der Waals surface area (Å²) in [4.78, 5) is 32.7. The summed E-state index contributed by atoms with van der Waals surface area (Å²) in [7, 11) is 2.06. The van der Waals surface area contributed by atoms with E-state index in [1.54, 1.807) is 12.1 Å². The first-order valence-electron chi connectivity index (χ1n) is 14.5. The maximum Gasteiger partial charge on any atom is 0.329 e. The summed E-state index contributed by atoms with van der Waals surface area (Å²) in [5.41, 5.74) is 3.93. The number of aliphatic carboxylic acids is 1. The topological polar surface area (TPSA) is 112 Å². The normalized spacial score (nSPS) is 18.6. The van der Waals surface area contributed by atoms with E-state index >= 15 is 0 Å². The first-order valence-corrected chi connectivity index (χ1v) is 14.8. The summed E-state index contributed by atoms with van der Waals surface area (Å²) in [5.74, 6) is -1.16. The Balaban J connectivity index is 1.72. The molecule has 4 rings (SSSR count). The van der Waals surface area contributed by atoms with E-state index in [0.29, 0.717) is 35.9 Å². The molecule has 0 unspecified atom stereocenters. The Hall–Kier alpha value is -3.46. The predicted molar refractivity (Wildman–Crippen MR) is 165 cm³/mol. The van der Waals surface area contributed by atoms with Crippen LogP contribution < -0.4 is 10.1 Å². The number of hydrogen-bond donors (Lipinski definition) is 3. The van der Waals surface area contributed by atoms with Gasteiger partial charge in [0.25, 0.3) is 5.91 Å². The molecule has 1 aliphatic rings. The summed E-state index contributed by atoms with van der Waals surface area (Å²) in [6.45, 7) is 8.54. The highest BCUT2D eigenvalue weighted by Crippen LogP contribution is 2.37. The number of carboxylic acid groups (broad SMARTS) is 1. The Morgan fingerprint density at radius 2 is 1.81 bits per heavy atom. The molecule has 2 aromatic carbocycles. The second kappa shape index (κ2) is 13.7. The van der Waals surface area contributed by atoms with Crippen molar-refractivity contribution in [1.29, 1.82) is 0 Å². The zero-order valence-corrected chi connectivity index (χ0v) is 25.5. The zero-order valence-electron chi connectivity index (χ0n) is 24.7. The quantitative estimate of drug-likeness (QED) is 0.237. The summed E-state index contributed by atoms with van der Waals surface area (Å²) >= 11 is 6.50. The van der Waals surface area contributed by atoms with Gasteiger partial charge in [0.2, 0.25) is 0 Å². The third-order valence-electron chi connectivity index (χ3n) is 8.06. The fourth-order valence-corrected chi connectivity index (χ4v) is 5.52. The lowest BCUT2D eigenvalue weighted by molar-refractivity contribution is -0.146. The van der Waals surface area contributed by atoms with Crippen molar-refractivity contribution in [2.75, 3.05) is 26.7 Å². The van der Waals surface area contributed by atoms with E-state index in [1.807, 2.05) is 44.2 Å². The predicted octanol–water partition coefficient (Wildman–Crippen LogP) is 5.89. The Labute approximate surface area is 252 Å². The summed E-state index contributed by atoms with van der Waals surface area (Å²) < 4.78 is 6.05. The van der Waals surface area contributed by atoms with Crippen molar-refractivity contribution < 1.29 is 24.5 Å². The van der Waals surface area contributed by atoms with E-state index in [1.165, 1.54) is 0 Å². The number of amides is 1. The zero-order chi connectivity index (χ0) is 30.4. The Morgan fingerprint density at radius 3 is 2.48 bits per heavy atom. The van der Waals surface area contributed by atoms with Gasteiger partial charge < -0.3 is 25.2 Å². The maximum absolute atomic E-state index is 13.5. The molecule has 1 fully saturated rings. The van der Waals surface area contributed by atoms with Gasteiger partial charge in [0.1, 0.15) is 17.0 Å². The van der Waals surface area contributed by atoms with Gasteiger partial charge in [-0.15, -0.1) is 0 Å². The fourth-order valence-electron chi connectivity index (χ4n) is 5.34. The molecular weight excluding hydrogens is 554 g/mol.